The van der Waals surface area contributed by atoms with Crippen molar-refractivity contribution in [2.75, 3.05) is 19.8 Å². The maximum Gasteiger partial charge on any atom is 0.310 e. The van der Waals surface area contributed by atoms with Gasteiger partial charge in [-0.25, -0.2) is 0 Å². The number of aryl methyl sites for hydroxylation is 2. The van der Waals surface area contributed by atoms with Crippen LogP contribution in [0.15, 0.2) is 4.47 Å². The Kier molecular flexibility index (Phi) is 5.40. The van der Waals surface area contributed by atoms with Gasteiger partial charge in [-0.2, -0.15) is 5.10 Å². The van der Waals surface area contributed by atoms with Crippen LogP contribution >= 0.6 is 15.9 Å². The molecule has 0 radical (unpaired) electrons. The Bertz CT molecular complexity index is 518. The lowest BCUT2D eigenvalue weighted by atomic mass is 10.0. The van der Waals surface area contributed by atoms with Crippen molar-refractivity contribution in [3.8, 4) is 0 Å². The van der Waals surface area contributed by atoms with Crippen LogP contribution in [0.25, 0.3) is 0 Å². The molecule has 1 N–H and O–H groups in total. The standard InChI is InChI=1S/C14H22BrN3O3/c1-4-10-13(15)11(17(3)16-10)6-18(5-2)12-8-21-7-9(12)14(19)20/h9,12H,4-8H2,1-3H3,(H,19,20). The van der Waals surface area contributed by atoms with Crippen LogP contribution in [0.4, 0.5) is 0 Å². The van der Waals surface area contributed by atoms with Crippen molar-refractivity contribution in [2.24, 2.45) is 13.0 Å². The number of carboxylic acids is 1. The van der Waals surface area contributed by atoms with Gasteiger partial charge in [0, 0.05) is 19.6 Å². The number of carboxylic acid groups (broad SMARTS) is 1. The SMILES string of the molecule is CCc1nn(C)c(CN(CC)C2COCC2C(=O)O)c1Br. The van der Waals surface area contributed by atoms with E-state index in [2.05, 4.69) is 32.9 Å². The van der Waals surface area contributed by atoms with Crippen LogP contribution in [0.2, 0.25) is 0 Å². The van der Waals surface area contributed by atoms with Gasteiger partial charge in [-0.05, 0) is 28.9 Å². The van der Waals surface area contributed by atoms with Crippen molar-refractivity contribution in [2.45, 2.75) is 32.9 Å². The average molecular weight is 360 g/mol. The number of nitrogens with zero attached hydrogens (tertiary/aromatic N) is 3. The molecule has 0 aromatic carbocycles. The molecule has 2 atom stereocenters. The third-order valence-electron chi connectivity index (χ3n) is 4.10. The quantitative estimate of drug-likeness (QED) is 0.836. The van der Waals surface area contributed by atoms with Gasteiger partial charge < -0.3 is 9.84 Å². The lowest BCUT2D eigenvalue weighted by molar-refractivity contribution is -0.143. The second-order valence-electron chi connectivity index (χ2n) is 5.30. The summed E-state index contributed by atoms with van der Waals surface area (Å²) in [6, 6.07) is -0.0839. The summed E-state index contributed by atoms with van der Waals surface area (Å²) >= 11 is 3.62. The van der Waals surface area contributed by atoms with Crippen molar-refractivity contribution in [3.63, 3.8) is 0 Å². The van der Waals surface area contributed by atoms with E-state index < -0.39 is 11.9 Å². The van der Waals surface area contributed by atoms with Gasteiger partial charge in [-0.3, -0.25) is 14.4 Å². The molecule has 6 nitrogen and oxygen atoms in total. The van der Waals surface area contributed by atoms with Crippen LogP contribution in [0.3, 0.4) is 0 Å². The highest BCUT2D eigenvalue weighted by molar-refractivity contribution is 9.10. The van der Waals surface area contributed by atoms with E-state index in [1.165, 1.54) is 0 Å². The Balaban J connectivity index is 2.19. The highest BCUT2D eigenvalue weighted by Crippen LogP contribution is 2.26. The fourth-order valence-corrected chi connectivity index (χ4v) is 3.53. The van der Waals surface area contributed by atoms with Crippen LogP contribution in [-0.2, 0) is 29.5 Å². The Labute approximate surface area is 133 Å². The predicted molar refractivity (Wildman–Crippen MR) is 82.1 cm³/mol. The summed E-state index contributed by atoms with van der Waals surface area (Å²) in [6.07, 6.45) is 0.866. The topological polar surface area (TPSA) is 67.6 Å². The van der Waals surface area contributed by atoms with Gasteiger partial charge in [0.1, 0.15) is 0 Å². The molecule has 1 aromatic heterocycles. The molecule has 0 aliphatic carbocycles. The number of hydrogen-bond acceptors (Lipinski definition) is 4. The molecule has 2 unspecified atom stereocenters. The van der Waals surface area contributed by atoms with Gasteiger partial charge in [-0.1, -0.05) is 13.8 Å². The van der Waals surface area contributed by atoms with E-state index in [0.29, 0.717) is 19.8 Å². The van der Waals surface area contributed by atoms with Gasteiger partial charge in [0.05, 0.1) is 35.0 Å². The minimum atomic E-state index is -0.783. The molecule has 21 heavy (non-hydrogen) atoms. The van der Waals surface area contributed by atoms with Crippen LogP contribution < -0.4 is 0 Å². The minimum Gasteiger partial charge on any atom is -0.481 e. The number of aromatic nitrogens is 2. The summed E-state index contributed by atoms with van der Waals surface area (Å²) in [5.41, 5.74) is 2.10. The summed E-state index contributed by atoms with van der Waals surface area (Å²) < 4.78 is 8.28. The molecule has 0 spiro atoms. The van der Waals surface area contributed by atoms with E-state index in [4.69, 9.17) is 4.74 Å². The van der Waals surface area contributed by atoms with E-state index in [-0.39, 0.29) is 6.04 Å². The average Bonchev–Trinajstić information content (AvgIpc) is 3.03. The third-order valence-corrected chi connectivity index (χ3v) is 5.01. The fourth-order valence-electron chi connectivity index (χ4n) is 2.79. The lowest BCUT2D eigenvalue weighted by Crippen LogP contribution is -2.43. The number of halogens is 1. The summed E-state index contributed by atoms with van der Waals surface area (Å²) in [4.78, 5) is 13.5. The zero-order valence-electron chi connectivity index (χ0n) is 12.7. The van der Waals surface area contributed by atoms with E-state index in [1.807, 2.05) is 18.7 Å². The molecule has 0 amide bonds. The molecule has 1 aliphatic heterocycles. The molecular weight excluding hydrogens is 338 g/mol. The third kappa shape index (κ3) is 3.30. The molecule has 1 aromatic rings. The van der Waals surface area contributed by atoms with Crippen molar-refractivity contribution in [1.29, 1.82) is 0 Å². The smallest absolute Gasteiger partial charge is 0.310 e. The number of likely N-dealkylation sites (N-methyl/N-ethyl adjacent to an activating group) is 1. The Morgan fingerprint density at radius 2 is 2.24 bits per heavy atom. The van der Waals surface area contributed by atoms with E-state index in [1.54, 1.807) is 0 Å². The van der Waals surface area contributed by atoms with Gasteiger partial charge >= 0.3 is 5.97 Å². The highest BCUT2D eigenvalue weighted by Gasteiger charge is 2.38. The maximum absolute atomic E-state index is 11.3. The Hall–Kier alpha value is -0.920. The van der Waals surface area contributed by atoms with Crippen LogP contribution in [0, 0.1) is 5.92 Å². The number of rotatable bonds is 6. The predicted octanol–water partition coefficient (Wildman–Crippen LogP) is 1.67. The van der Waals surface area contributed by atoms with Crippen molar-refractivity contribution >= 4 is 21.9 Å². The van der Waals surface area contributed by atoms with E-state index >= 15 is 0 Å². The van der Waals surface area contributed by atoms with E-state index in [0.717, 1.165) is 28.8 Å². The molecule has 2 rings (SSSR count). The van der Waals surface area contributed by atoms with Gasteiger partial charge in [0.25, 0.3) is 0 Å². The highest BCUT2D eigenvalue weighted by atomic mass is 79.9. The molecule has 1 saturated heterocycles. The van der Waals surface area contributed by atoms with Gasteiger partial charge in [0.15, 0.2) is 0 Å². The molecule has 1 fully saturated rings. The van der Waals surface area contributed by atoms with Crippen molar-refractivity contribution < 1.29 is 14.6 Å². The molecule has 118 valence electrons. The zero-order chi connectivity index (χ0) is 15.6. The number of hydrogen-bond donors (Lipinski definition) is 1. The molecular formula is C14H22BrN3O3. The number of carbonyl (C=O) groups is 1. The first kappa shape index (κ1) is 16.5. The number of aliphatic carboxylic acids is 1. The minimum absolute atomic E-state index is 0.0839. The maximum atomic E-state index is 11.3. The normalized spacial score (nSPS) is 22.1. The summed E-state index contributed by atoms with van der Waals surface area (Å²) in [5.74, 6) is -1.24. The van der Waals surface area contributed by atoms with Crippen LogP contribution in [-0.4, -0.2) is 51.6 Å². The number of ether oxygens (including phenoxy) is 1. The molecule has 0 bridgehead atoms. The Morgan fingerprint density at radius 3 is 2.76 bits per heavy atom. The first-order valence-electron chi connectivity index (χ1n) is 7.24. The lowest BCUT2D eigenvalue weighted by Gasteiger charge is -2.29. The summed E-state index contributed by atoms with van der Waals surface area (Å²) in [5, 5.41) is 13.8. The van der Waals surface area contributed by atoms with Crippen molar-refractivity contribution in [1.82, 2.24) is 14.7 Å². The second-order valence-corrected chi connectivity index (χ2v) is 6.09. The van der Waals surface area contributed by atoms with Crippen LogP contribution in [0.1, 0.15) is 25.2 Å². The van der Waals surface area contributed by atoms with E-state index in [9.17, 15) is 9.90 Å². The van der Waals surface area contributed by atoms with Crippen molar-refractivity contribution in [3.05, 3.63) is 15.9 Å². The first-order chi connectivity index (χ1) is 9.99. The molecule has 7 heteroatoms. The second kappa shape index (κ2) is 6.89. The summed E-state index contributed by atoms with van der Waals surface area (Å²) in [7, 11) is 1.92. The molecule has 1 aliphatic rings. The largest absolute Gasteiger partial charge is 0.481 e. The summed E-state index contributed by atoms with van der Waals surface area (Å²) in [6.45, 7) is 6.32. The van der Waals surface area contributed by atoms with Gasteiger partial charge in [-0.15, -0.1) is 0 Å². The van der Waals surface area contributed by atoms with Crippen LogP contribution in [0.5, 0.6) is 0 Å². The molecule has 0 saturated carbocycles. The van der Waals surface area contributed by atoms with Gasteiger partial charge in [0.2, 0.25) is 0 Å². The Morgan fingerprint density at radius 1 is 1.52 bits per heavy atom. The zero-order valence-corrected chi connectivity index (χ0v) is 14.3. The monoisotopic (exact) mass is 359 g/mol. The fraction of sp³-hybridized carbons (Fsp3) is 0.714. The first-order valence-corrected chi connectivity index (χ1v) is 8.03. The molecule has 2 heterocycles.